The molecule has 4 heteroatoms. The molecule has 4 nitrogen and oxygen atoms in total. The Bertz CT molecular complexity index is 255. The molecule has 0 radical (unpaired) electrons. The van der Waals surface area contributed by atoms with Crippen LogP contribution in [0, 0.1) is 11.3 Å². The van der Waals surface area contributed by atoms with Gasteiger partial charge >= 0.3 is 0 Å². The number of rotatable bonds is 1. The number of nitrogens with zero attached hydrogens (tertiary/aromatic N) is 2. The number of carbonyl (C=O) groups is 1. The third kappa shape index (κ3) is 2.56. The number of hydrogen-bond donors (Lipinski definition) is 0. The van der Waals surface area contributed by atoms with Crippen LogP contribution in [0.3, 0.4) is 0 Å². The van der Waals surface area contributed by atoms with Gasteiger partial charge in [0.25, 0.3) is 0 Å². The van der Waals surface area contributed by atoms with E-state index >= 15 is 0 Å². The molecule has 1 aliphatic rings. The zero-order valence-corrected chi connectivity index (χ0v) is 7.56. The van der Waals surface area contributed by atoms with Gasteiger partial charge in [0.15, 0.2) is 6.10 Å². The third-order valence-electron chi connectivity index (χ3n) is 1.83. The van der Waals surface area contributed by atoms with Gasteiger partial charge in [-0.05, 0) is 13.0 Å². The van der Waals surface area contributed by atoms with Crippen molar-refractivity contribution in [2.45, 2.75) is 13.0 Å². The average molecular weight is 180 g/mol. The summed E-state index contributed by atoms with van der Waals surface area (Å²) in [4.78, 5) is 13.0. The van der Waals surface area contributed by atoms with Crippen molar-refractivity contribution in [2.75, 3.05) is 19.7 Å². The maximum Gasteiger partial charge on any atom is 0.246 e. The Hall–Kier alpha value is -1.34. The van der Waals surface area contributed by atoms with E-state index in [0.717, 1.165) is 0 Å². The SMILES string of the molecule is C/C=C/C(=O)N1CCOC(C#N)C1. The van der Waals surface area contributed by atoms with Gasteiger partial charge in [-0.1, -0.05) is 6.08 Å². The molecular formula is C9H12N2O2. The molecule has 0 N–H and O–H groups in total. The van der Waals surface area contributed by atoms with Crippen LogP contribution in [0.25, 0.3) is 0 Å². The highest BCUT2D eigenvalue weighted by Gasteiger charge is 2.21. The average Bonchev–Trinajstić information content (AvgIpc) is 2.18. The molecule has 1 rings (SSSR count). The fraction of sp³-hybridized carbons (Fsp3) is 0.556. The zero-order chi connectivity index (χ0) is 9.68. The number of allylic oxidation sites excluding steroid dienone is 1. The van der Waals surface area contributed by atoms with Crippen LogP contribution in [0.4, 0.5) is 0 Å². The molecule has 0 aliphatic carbocycles. The van der Waals surface area contributed by atoms with Crippen LogP contribution in [-0.4, -0.2) is 36.6 Å². The molecule has 0 spiro atoms. The van der Waals surface area contributed by atoms with Crippen LogP contribution in [0.15, 0.2) is 12.2 Å². The van der Waals surface area contributed by atoms with Crippen molar-refractivity contribution in [1.82, 2.24) is 4.90 Å². The van der Waals surface area contributed by atoms with Gasteiger partial charge in [-0.15, -0.1) is 0 Å². The monoisotopic (exact) mass is 180 g/mol. The van der Waals surface area contributed by atoms with Crippen molar-refractivity contribution in [3.05, 3.63) is 12.2 Å². The van der Waals surface area contributed by atoms with Gasteiger partial charge in [0.2, 0.25) is 5.91 Å². The van der Waals surface area contributed by atoms with Gasteiger partial charge in [-0.3, -0.25) is 4.79 Å². The predicted octanol–water partition coefficient (Wildman–Crippen LogP) is 0.313. The lowest BCUT2D eigenvalue weighted by molar-refractivity contribution is -0.131. The van der Waals surface area contributed by atoms with E-state index in [9.17, 15) is 4.79 Å². The number of hydrogen-bond acceptors (Lipinski definition) is 3. The summed E-state index contributed by atoms with van der Waals surface area (Å²) in [7, 11) is 0. The first-order chi connectivity index (χ1) is 6.27. The van der Waals surface area contributed by atoms with Crippen molar-refractivity contribution in [3.63, 3.8) is 0 Å². The Labute approximate surface area is 77.4 Å². The molecule has 0 bridgehead atoms. The topological polar surface area (TPSA) is 53.3 Å². The Morgan fingerprint density at radius 3 is 3.15 bits per heavy atom. The first kappa shape index (κ1) is 9.75. The standard InChI is InChI=1S/C9H12N2O2/c1-2-3-9(12)11-4-5-13-8(6-10)7-11/h2-3,8H,4-5,7H2,1H3/b3-2+. The molecule has 0 aromatic heterocycles. The smallest absolute Gasteiger partial charge is 0.246 e. The second-order valence-electron chi connectivity index (χ2n) is 2.77. The van der Waals surface area contributed by atoms with Gasteiger partial charge in [0.1, 0.15) is 0 Å². The number of nitriles is 1. The quantitative estimate of drug-likeness (QED) is 0.546. The van der Waals surface area contributed by atoms with Crippen LogP contribution >= 0.6 is 0 Å². The van der Waals surface area contributed by atoms with Gasteiger partial charge < -0.3 is 9.64 Å². The molecule has 1 atom stereocenters. The summed E-state index contributed by atoms with van der Waals surface area (Å²) in [5.74, 6) is -0.0500. The summed E-state index contributed by atoms with van der Waals surface area (Å²) in [5, 5.41) is 8.59. The van der Waals surface area contributed by atoms with Crippen LogP contribution in [-0.2, 0) is 9.53 Å². The molecule has 0 aromatic carbocycles. The van der Waals surface area contributed by atoms with E-state index in [1.807, 2.05) is 6.07 Å². The van der Waals surface area contributed by atoms with Crippen molar-refractivity contribution in [3.8, 4) is 6.07 Å². The molecule has 1 amide bonds. The highest BCUT2D eigenvalue weighted by Crippen LogP contribution is 2.04. The fourth-order valence-corrected chi connectivity index (χ4v) is 1.18. The second-order valence-corrected chi connectivity index (χ2v) is 2.77. The molecule has 13 heavy (non-hydrogen) atoms. The lowest BCUT2D eigenvalue weighted by Gasteiger charge is -2.28. The lowest BCUT2D eigenvalue weighted by Crippen LogP contribution is -2.44. The Morgan fingerprint density at radius 2 is 2.54 bits per heavy atom. The largest absolute Gasteiger partial charge is 0.360 e. The van der Waals surface area contributed by atoms with Crippen molar-refractivity contribution in [1.29, 1.82) is 5.26 Å². The predicted molar refractivity (Wildman–Crippen MR) is 46.7 cm³/mol. The number of morpholine rings is 1. The maximum absolute atomic E-state index is 11.3. The number of ether oxygens (including phenoxy) is 1. The van der Waals surface area contributed by atoms with Crippen LogP contribution in [0.5, 0.6) is 0 Å². The van der Waals surface area contributed by atoms with Crippen molar-refractivity contribution < 1.29 is 9.53 Å². The molecule has 0 aromatic rings. The first-order valence-electron chi connectivity index (χ1n) is 4.20. The Morgan fingerprint density at radius 1 is 1.77 bits per heavy atom. The van der Waals surface area contributed by atoms with Crippen LogP contribution < -0.4 is 0 Å². The van der Waals surface area contributed by atoms with Crippen molar-refractivity contribution in [2.24, 2.45) is 0 Å². The summed E-state index contributed by atoms with van der Waals surface area (Å²) >= 11 is 0. The van der Waals surface area contributed by atoms with E-state index in [1.54, 1.807) is 17.9 Å². The molecule has 1 saturated heterocycles. The van der Waals surface area contributed by atoms with Crippen LogP contribution in [0.1, 0.15) is 6.92 Å². The maximum atomic E-state index is 11.3. The molecule has 1 heterocycles. The summed E-state index contributed by atoms with van der Waals surface area (Å²) < 4.78 is 5.11. The summed E-state index contributed by atoms with van der Waals surface area (Å²) in [6, 6.07) is 1.99. The minimum absolute atomic E-state index is 0.0500. The highest BCUT2D eigenvalue weighted by molar-refractivity contribution is 5.87. The Kier molecular flexibility index (Phi) is 3.47. The van der Waals surface area contributed by atoms with Crippen molar-refractivity contribution >= 4 is 5.91 Å². The van der Waals surface area contributed by atoms with Gasteiger partial charge in [-0.25, -0.2) is 0 Å². The summed E-state index contributed by atoms with van der Waals surface area (Å²) in [6.07, 6.45) is 2.72. The third-order valence-corrected chi connectivity index (χ3v) is 1.83. The number of amides is 1. The highest BCUT2D eigenvalue weighted by atomic mass is 16.5. The van der Waals surface area contributed by atoms with Crippen LogP contribution in [0.2, 0.25) is 0 Å². The molecule has 1 aliphatic heterocycles. The molecule has 0 saturated carbocycles. The first-order valence-corrected chi connectivity index (χ1v) is 4.20. The normalized spacial score (nSPS) is 23.1. The van der Waals surface area contributed by atoms with E-state index in [4.69, 9.17) is 10.00 Å². The number of carbonyl (C=O) groups excluding carboxylic acids is 1. The fourth-order valence-electron chi connectivity index (χ4n) is 1.18. The second kappa shape index (κ2) is 4.63. The minimum atomic E-state index is -0.469. The van der Waals surface area contributed by atoms with E-state index in [1.165, 1.54) is 6.08 Å². The van der Waals surface area contributed by atoms with E-state index < -0.39 is 6.10 Å². The van der Waals surface area contributed by atoms with E-state index in [2.05, 4.69) is 0 Å². The molecule has 70 valence electrons. The lowest BCUT2D eigenvalue weighted by atomic mass is 10.3. The summed E-state index contributed by atoms with van der Waals surface area (Å²) in [5.41, 5.74) is 0. The minimum Gasteiger partial charge on any atom is -0.360 e. The van der Waals surface area contributed by atoms with Gasteiger partial charge in [-0.2, -0.15) is 5.26 Å². The van der Waals surface area contributed by atoms with Gasteiger partial charge in [0, 0.05) is 6.54 Å². The van der Waals surface area contributed by atoms with E-state index in [-0.39, 0.29) is 5.91 Å². The van der Waals surface area contributed by atoms with Gasteiger partial charge in [0.05, 0.1) is 19.2 Å². The Balaban J connectivity index is 2.52. The van der Waals surface area contributed by atoms with E-state index in [0.29, 0.717) is 19.7 Å². The molecule has 1 unspecified atom stereocenters. The molecule has 1 fully saturated rings. The zero-order valence-electron chi connectivity index (χ0n) is 7.56. The summed E-state index contributed by atoms with van der Waals surface area (Å²) in [6.45, 7) is 3.18. The molecular weight excluding hydrogens is 168 g/mol.